The van der Waals surface area contributed by atoms with Crippen LogP contribution in [0.25, 0.3) is 0 Å². The molecule has 0 radical (unpaired) electrons. The highest BCUT2D eigenvalue weighted by Gasteiger charge is 2.20. The van der Waals surface area contributed by atoms with Gasteiger partial charge in [-0.1, -0.05) is 6.07 Å². The quantitative estimate of drug-likeness (QED) is 0.796. The first-order valence-corrected chi connectivity index (χ1v) is 8.25. The molecule has 1 atom stereocenters. The van der Waals surface area contributed by atoms with Crippen LogP contribution in [-0.2, 0) is 6.54 Å². The fourth-order valence-electron chi connectivity index (χ4n) is 3.14. The lowest BCUT2D eigenvalue weighted by atomic mass is 9.94. The van der Waals surface area contributed by atoms with E-state index in [4.69, 9.17) is 10.5 Å². The number of benzene rings is 1. The molecule has 4 nitrogen and oxygen atoms in total. The maximum atomic E-state index is 12.4. The van der Waals surface area contributed by atoms with Gasteiger partial charge in [0.2, 0.25) is 0 Å². The van der Waals surface area contributed by atoms with Gasteiger partial charge in [-0.2, -0.15) is 8.78 Å². The van der Waals surface area contributed by atoms with E-state index in [-0.39, 0.29) is 5.75 Å². The van der Waals surface area contributed by atoms with E-state index in [1.165, 1.54) is 12.8 Å². The maximum absolute atomic E-state index is 12.4. The Morgan fingerprint density at radius 1 is 1.35 bits per heavy atom. The van der Waals surface area contributed by atoms with Crippen LogP contribution in [0.2, 0.25) is 0 Å². The lowest BCUT2D eigenvalue weighted by Gasteiger charge is -2.32. The highest BCUT2D eigenvalue weighted by atomic mass is 19.3. The Labute approximate surface area is 136 Å². The second kappa shape index (κ2) is 9.03. The first kappa shape index (κ1) is 17.9. The summed E-state index contributed by atoms with van der Waals surface area (Å²) in [6.07, 6.45) is 3.47. The number of likely N-dealkylation sites (tertiary alicyclic amines) is 1. The van der Waals surface area contributed by atoms with Crippen molar-refractivity contribution in [1.82, 2.24) is 4.90 Å². The van der Waals surface area contributed by atoms with E-state index in [0.29, 0.717) is 18.3 Å². The normalized spacial score (nSPS) is 19.1. The second-order valence-corrected chi connectivity index (χ2v) is 5.91. The van der Waals surface area contributed by atoms with E-state index in [1.807, 2.05) is 13.0 Å². The van der Waals surface area contributed by atoms with E-state index in [9.17, 15) is 8.78 Å². The van der Waals surface area contributed by atoms with Crippen LogP contribution >= 0.6 is 0 Å². The van der Waals surface area contributed by atoms with E-state index < -0.39 is 6.61 Å². The van der Waals surface area contributed by atoms with Gasteiger partial charge in [0.15, 0.2) is 11.5 Å². The largest absolute Gasteiger partial charge is 0.490 e. The number of nitrogens with zero attached hydrogens (tertiary/aromatic N) is 1. The van der Waals surface area contributed by atoms with Gasteiger partial charge < -0.3 is 15.2 Å². The van der Waals surface area contributed by atoms with Gasteiger partial charge in [-0.3, -0.25) is 4.90 Å². The smallest absolute Gasteiger partial charge is 0.387 e. The Balaban J connectivity index is 2.03. The molecule has 130 valence electrons. The monoisotopic (exact) mass is 328 g/mol. The molecule has 0 aromatic heterocycles. The van der Waals surface area contributed by atoms with Crippen LogP contribution in [0.3, 0.4) is 0 Å². The summed E-state index contributed by atoms with van der Waals surface area (Å²) in [5.74, 6) is 1.12. The van der Waals surface area contributed by atoms with Gasteiger partial charge in [-0.05, 0) is 62.9 Å². The van der Waals surface area contributed by atoms with Gasteiger partial charge in [0.1, 0.15) is 0 Å². The molecule has 23 heavy (non-hydrogen) atoms. The highest BCUT2D eigenvalue weighted by molar-refractivity contribution is 5.43. The van der Waals surface area contributed by atoms with Crippen LogP contribution in [0.15, 0.2) is 18.2 Å². The Bertz CT molecular complexity index is 484. The number of alkyl halides is 2. The van der Waals surface area contributed by atoms with Crippen LogP contribution in [0.4, 0.5) is 8.78 Å². The van der Waals surface area contributed by atoms with Gasteiger partial charge in [0, 0.05) is 13.1 Å². The average Bonchev–Trinajstić information content (AvgIpc) is 2.50. The van der Waals surface area contributed by atoms with Crippen LogP contribution in [-0.4, -0.2) is 37.8 Å². The number of ether oxygens (including phenoxy) is 2. The Morgan fingerprint density at radius 3 is 2.87 bits per heavy atom. The first-order valence-electron chi connectivity index (χ1n) is 8.25. The molecule has 1 unspecified atom stereocenters. The predicted octanol–water partition coefficient (Wildman–Crippen LogP) is 3.25. The second-order valence-electron chi connectivity index (χ2n) is 5.91. The lowest BCUT2D eigenvalue weighted by Crippen LogP contribution is -2.35. The molecule has 6 heteroatoms. The Morgan fingerprint density at radius 2 is 2.17 bits per heavy atom. The minimum atomic E-state index is -2.85. The highest BCUT2D eigenvalue weighted by Crippen LogP contribution is 2.31. The zero-order chi connectivity index (χ0) is 16.7. The van der Waals surface area contributed by atoms with E-state index in [2.05, 4.69) is 9.64 Å². The summed E-state index contributed by atoms with van der Waals surface area (Å²) in [4.78, 5) is 2.39. The molecule has 1 aliphatic heterocycles. The minimum absolute atomic E-state index is 0.0882. The summed E-state index contributed by atoms with van der Waals surface area (Å²) < 4.78 is 34.8. The molecule has 0 spiro atoms. The molecule has 2 rings (SSSR count). The van der Waals surface area contributed by atoms with Gasteiger partial charge in [0.25, 0.3) is 0 Å². The van der Waals surface area contributed by atoms with Crippen molar-refractivity contribution in [3.63, 3.8) is 0 Å². The van der Waals surface area contributed by atoms with Crippen LogP contribution in [0, 0.1) is 5.92 Å². The average molecular weight is 328 g/mol. The first-order chi connectivity index (χ1) is 11.1. The zero-order valence-corrected chi connectivity index (χ0v) is 13.6. The molecule has 1 aliphatic rings. The van der Waals surface area contributed by atoms with Gasteiger partial charge >= 0.3 is 6.61 Å². The van der Waals surface area contributed by atoms with Crippen LogP contribution < -0.4 is 15.2 Å². The number of hydrogen-bond donors (Lipinski definition) is 1. The molecule has 1 fully saturated rings. The molecular weight excluding hydrogens is 302 g/mol. The lowest BCUT2D eigenvalue weighted by molar-refractivity contribution is -0.0514. The third kappa shape index (κ3) is 5.62. The Kier molecular flexibility index (Phi) is 7.05. The van der Waals surface area contributed by atoms with Crippen molar-refractivity contribution in [3.8, 4) is 11.5 Å². The molecule has 1 aromatic carbocycles. The van der Waals surface area contributed by atoms with Crippen molar-refractivity contribution in [2.45, 2.75) is 39.3 Å². The van der Waals surface area contributed by atoms with E-state index in [0.717, 1.165) is 38.2 Å². The topological polar surface area (TPSA) is 47.7 Å². The van der Waals surface area contributed by atoms with Crippen molar-refractivity contribution in [2.75, 3.05) is 26.2 Å². The molecule has 1 saturated heterocycles. The fourth-order valence-corrected chi connectivity index (χ4v) is 3.14. The van der Waals surface area contributed by atoms with Crippen molar-refractivity contribution in [3.05, 3.63) is 23.8 Å². The molecular formula is C17H26F2N2O2. The molecule has 0 saturated carbocycles. The molecule has 0 bridgehead atoms. The van der Waals surface area contributed by atoms with Crippen molar-refractivity contribution >= 4 is 0 Å². The summed E-state index contributed by atoms with van der Waals surface area (Å²) in [6.45, 7) is 2.99. The Hall–Kier alpha value is -1.40. The number of piperidine rings is 1. The number of nitrogens with two attached hydrogens (primary N) is 1. The zero-order valence-electron chi connectivity index (χ0n) is 13.6. The van der Waals surface area contributed by atoms with Crippen molar-refractivity contribution < 1.29 is 18.3 Å². The van der Waals surface area contributed by atoms with Crippen LogP contribution in [0.1, 0.15) is 31.7 Å². The third-order valence-corrected chi connectivity index (χ3v) is 4.11. The van der Waals surface area contributed by atoms with E-state index >= 15 is 0 Å². The van der Waals surface area contributed by atoms with Crippen molar-refractivity contribution in [1.29, 1.82) is 0 Å². The fraction of sp³-hybridized carbons (Fsp3) is 0.647. The minimum Gasteiger partial charge on any atom is -0.490 e. The molecule has 1 aromatic rings. The van der Waals surface area contributed by atoms with Gasteiger partial charge in [0.05, 0.1) is 6.61 Å². The number of hydrogen-bond acceptors (Lipinski definition) is 4. The summed E-state index contributed by atoms with van der Waals surface area (Å²) in [6, 6.07) is 5.19. The van der Waals surface area contributed by atoms with Gasteiger partial charge in [-0.25, -0.2) is 0 Å². The number of rotatable bonds is 8. The van der Waals surface area contributed by atoms with E-state index in [1.54, 1.807) is 12.1 Å². The standard InChI is InChI=1S/C17H26F2N2O2/c1-2-22-16-10-14(5-6-15(16)23-17(18)19)12-21-9-3-4-13(11-21)7-8-20/h5-6,10,13,17H,2-4,7-9,11-12,20H2,1H3. The SMILES string of the molecule is CCOc1cc(CN2CCCC(CCN)C2)ccc1OC(F)F. The van der Waals surface area contributed by atoms with Crippen LogP contribution in [0.5, 0.6) is 11.5 Å². The third-order valence-electron chi connectivity index (χ3n) is 4.11. The van der Waals surface area contributed by atoms with Crippen molar-refractivity contribution in [2.24, 2.45) is 11.7 Å². The molecule has 2 N–H and O–H groups in total. The molecule has 0 aliphatic carbocycles. The summed E-state index contributed by atoms with van der Waals surface area (Å²) >= 11 is 0. The predicted molar refractivity (Wildman–Crippen MR) is 85.9 cm³/mol. The van der Waals surface area contributed by atoms with Gasteiger partial charge in [-0.15, -0.1) is 0 Å². The summed E-state index contributed by atoms with van der Waals surface area (Å²) in [5.41, 5.74) is 6.70. The molecule has 1 heterocycles. The number of halogens is 2. The maximum Gasteiger partial charge on any atom is 0.387 e. The summed E-state index contributed by atoms with van der Waals surface area (Å²) in [7, 11) is 0. The summed E-state index contributed by atoms with van der Waals surface area (Å²) in [5, 5.41) is 0. The molecule has 0 amide bonds.